The molecule has 1 amide bonds. The summed E-state index contributed by atoms with van der Waals surface area (Å²) >= 11 is 0. The molecule has 0 aliphatic rings. The summed E-state index contributed by atoms with van der Waals surface area (Å²) in [6, 6.07) is 2.44. The van der Waals surface area contributed by atoms with Gasteiger partial charge in [0.05, 0.1) is 7.11 Å². The van der Waals surface area contributed by atoms with Crippen LogP contribution in [0.4, 0.5) is 0 Å². The highest BCUT2D eigenvalue weighted by atomic mass is 16.5. The van der Waals surface area contributed by atoms with Gasteiger partial charge >= 0.3 is 5.97 Å². The Morgan fingerprint density at radius 3 is 2.17 bits per heavy atom. The quantitative estimate of drug-likeness (QED) is 0.850. The average Bonchev–Trinajstić information content (AvgIpc) is 2.28. The number of methoxy groups -OCH3 is 1. The average molecular weight is 251 g/mol. The number of rotatable bonds is 4. The number of hydrogen-bond donors (Lipinski definition) is 2. The van der Waals surface area contributed by atoms with Gasteiger partial charge in [0.15, 0.2) is 0 Å². The van der Waals surface area contributed by atoms with Crippen molar-refractivity contribution in [2.45, 2.75) is 26.8 Å². The monoisotopic (exact) mass is 251 g/mol. The third kappa shape index (κ3) is 3.00. The van der Waals surface area contributed by atoms with E-state index < -0.39 is 17.9 Å². The summed E-state index contributed by atoms with van der Waals surface area (Å²) in [5, 5.41) is 11.1. The van der Waals surface area contributed by atoms with Gasteiger partial charge in [0, 0.05) is 5.56 Å². The zero-order valence-corrected chi connectivity index (χ0v) is 10.9. The number of hydrogen-bond acceptors (Lipinski definition) is 3. The van der Waals surface area contributed by atoms with Crippen LogP contribution in [-0.4, -0.2) is 30.1 Å². The Balaban J connectivity index is 2.97. The maximum atomic E-state index is 11.8. The van der Waals surface area contributed by atoms with E-state index in [1.807, 2.05) is 13.8 Å². The number of carbonyl (C=O) groups is 2. The number of benzene rings is 1. The number of carboxylic acids is 1. The van der Waals surface area contributed by atoms with Gasteiger partial charge in [-0.3, -0.25) is 9.59 Å². The van der Waals surface area contributed by atoms with E-state index >= 15 is 0 Å². The molecule has 18 heavy (non-hydrogen) atoms. The lowest BCUT2D eigenvalue weighted by molar-refractivity contribution is -0.138. The SMILES string of the molecule is COc1c(C)cc(C(=O)N[C@H](C)C(=O)O)cc1C. The second-order valence-electron chi connectivity index (χ2n) is 4.18. The van der Waals surface area contributed by atoms with Gasteiger partial charge in [-0.15, -0.1) is 0 Å². The minimum atomic E-state index is -1.06. The second-order valence-corrected chi connectivity index (χ2v) is 4.18. The molecule has 0 unspecified atom stereocenters. The lowest BCUT2D eigenvalue weighted by Crippen LogP contribution is -2.38. The smallest absolute Gasteiger partial charge is 0.325 e. The standard InChI is InChI=1S/C13H17NO4/c1-7-5-10(6-8(2)11(7)18-4)12(15)14-9(3)13(16)17/h5-6,9H,1-4H3,(H,14,15)(H,16,17)/t9-/m1/s1. The molecule has 1 atom stereocenters. The summed E-state index contributed by atoms with van der Waals surface area (Å²) in [5.74, 6) is -0.734. The van der Waals surface area contributed by atoms with Gasteiger partial charge in [-0.05, 0) is 44.0 Å². The van der Waals surface area contributed by atoms with E-state index in [1.165, 1.54) is 6.92 Å². The molecule has 5 nitrogen and oxygen atoms in total. The lowest BCUT2D eigenvalue weighted by Gasteiger charge is -2.13. The van der Waals surface area contributed by atoms with Crippen molar-refractivity contribution in [3.05, 3.63) is 28.8 Å². The number of carboxylic acid groups (broad SMARTS) is 1. The van der Waals surface area contributed by atoms with Gasteiger partial charge in [0.1, 0.15) is 11.8 Å². The fourth-order valence-electron chi connectivity index (χ4n) is 1.75. The van der Waals surface area contributed by atoms with Crippen molar-refractivity contribution in [1.82, 2.24) is 5.32 Å². The number of amides is 1. The van der Waals surface area contributed by atoms with Crippen LogP contribution in [0.1, 0.15) is 28.4 Å². The van der Waals surface area contributed by atoms with Crippen molar-refractivity contribution in [1.29, 1.82) is 0 Å². The number of carbonyl (C=O) groups excluding carboxylic acids is 1. The maximum absolute atomic E-state index is 11.8. The van der Waals surface area contributed by atoms with Gasteiger partial charge in [0.25, 0.3) is 5.91 Å². The Labute approximate surface area is 106 Å². The van der Waals surface area contributed by atoms with Crippen molar-refractivity contribution in [3.8, 4) is 5.75 Å². The first-order valence-corrected chi connectivity index (χ1v) is 5.55. The molecule has 98 valence electrons. The Morgan fingerprint density at radius 2 is 1.78 bits per heavy atom. The molecule has 0 radical (unpaired) electrons. The fourth-order valence-corrected chi connectivity index (χ4v) is 1.75. The summed E-state index contributed by atoms with van der Waals surface area (Å²) in [5.41, 5.74) is 2.11. The molecule has 0 saturated carbocycles. The molecule has 0 aromatic heterocycles. The van der Waals surface area contributed by atoms with Crippen LogP contribution in [0.3, 0.4) is 0 Å². The number of aryl methyl sites for hydroxylation is 2. The van der Waals surface area contributed by atoms with E-state index in [-0.39, 0.29) is 0 Å². The van der Waals surface area contributed by atoms with E-state index in [0.29, 0.717) is 5.56 Å². The second kappa shape index (κ2) is 5.53. The van der Waals surface area contributed by atoms with Crippen molar-refractivity contribution in [3.63, 3.8) is 0 Å². The molecule has 0 bridgehead atoms. The molecule has 0 aliphatic carbocycles. The molecule has 0 spiro atoms. The largest absolute Gasteiger partial charge is 0.496 e. The topological polar surface area (TPSA) is 75.6 Å². The van der Waals surface area contributed by atoms with Gasteiger partial charge in [-0.25, -0.2) is 0 Å². The first kappa shape index (κ1) is 14.0. The first-order valence-electron chi connectivity index (χ1n) is 5.55. The maximum Gasteiger partial charge on any atom is 0.325 e. The lowest BCUT2D eigenvalue weighted by atomic mass is 10.0. The predicted molar refractivity (Wildman–Crippen MR) is 67.0 cm³/mol. The number of nitrogens with one attached hydrogen (secondary N) is 1. The molecular formula is C13H17NO4. The highest BCUT2D eigenvalue weighted by Gasteiger charge is 2.16. The van der Waals surface area contributed by atoms with Crippen molar-refractivity contribution in [2.75, 3.05) is 7.11 Å². The van der Waals surface area contributed by atoms with Crippen molar-refractivity contribution >= 4 is 11.9 Å². The van der Waals surface area contributed by atoms with Crippen LogP contribution in [0.5, 0.6) is 5.75 Å². The summed E-state index contributed by atoms with van der Waals surface area (Å²) in [6.07, 6.45) is 0. The van der Waals surface area contributed by atoms with Gasteiger partial charge < -0.3 is 15.2 Å². The minimum absolute atomic E-state index is 0.404. The number of ether oxygens (including phenoxy) is 1. The fraction of sp³-hybridized carbons (Fsp3) is 0.385. The molecule has 0 heterocycles. The number of aliphatic carboxylic acids is 1. The molecular weight excluding hydrogens is 234 g/mol. The summed E-state index contributed by atoms with van der Waals surface area (Å²) in [7, 11) is 1.57. The molecule has 1 aromatic carbocycles. The molecule has 0 fully saturated rings. The van der Waals surface area contributed by atoms with Gasteiger partial charge in [-0.2, -0.15) is 0 Å². The highest BCUT2D eigenvalue weighted by molar-refractivity contribution is 5.97. The Kier molecular flexibility index (Phi) is 4.31. The van der Waals surface area contributed by atoms with Crippen molar-refractivity contribution in [2.24, 2.45) is 0 Å². The molecule has 1 rings (SSSR count). The van der Waals surface area contributed by atoms with Crippen LogP contribution in [0.15, 0.2) is 12.1 Å². The predicted octanol–water partition coefficient (Wildman–Crippen LogP) is 1.51. The Bertz CT molecular complexity index is 459. The minimum Gasteiger partial charge on any atom is -0.496 e. The van der Waals surface area contributed by atoms with E-state index in [2.05, 4.69) is 5.32 Å². The van der Waals surface area contributed by atoms with Crippen LogP contribution >= 0.6 is 0 Å². The van der Waals surface area contributed by atoms with Gasteiger partial charge in [0.2, 0.25) is 0 Å². The first-order chi connectivity index (χ1) is 8.36. The van der Waals surface area contributed by atoms with E-state index in [0.717, 1.165) is 16.9 Å². The third-order valence-corrected chi connectivity index (χ3v) is 2.64. The van der Waals surface area contributed by atoms with E-state index in [9.17, 15) is 9.59 Å². The van der Waals surface area contributed by atoms with Crippen LogP contribution in [0, 0.1) is 13.8 Å². The summed E-state index contributed by atoms with van der Waals surface area (Å²) < 4.78 is 5.20. The zero-order valence-electron chi connectivity index (χ0n) is 10.9. The molecule has 0 aliphatic heterocycles. The van der Waals surface area contributed by atoms with Crippen LogP contribution < -0.4 is 10.1 Å². The summed E-state index contributed by atoms with van der Waals surface area (Å²) in [6.45, 7) is 5.09. The molecule has 2 N–H and O–H groups in total. The van der Waals surface area contributed by atoms with E-state index in [1.54, 1.807) is 19.2 Å². The van der Waals surface area contributed by atoms with Crippen LogP contribution in [-0.2, 0) is 4.79 Å². The Morgan fingerprint density at radius 1 is 1.28 bits per heavy atom. The molecule has 0 saturated heterocycles. The highest BCUT2D eigenvalue weighted by Crippen LogP contribution is 2.24. The van der Waals surface area contributed by atoms with Gasteiger partial charge in [-0.1, -0.05) is 0 Å². The molecule has 1 aromatic rings. The normalized spacial score (nSPS) is 11.8. The third-order valence-electron chi connectivity index (χ3n) is 2.64. The van der Waals surface area contributed by atoms with E-state index in [4.69, 9.17) is 9.84 Å². The van der Waals surface area contributed by atoms with Crippen molar-refractivity contribution < 1.29 is 19.4 Å². The van der Waals surface area contributed by atoms with Crippen LogP contribution in [0.25, 0.3) is 0 Å². The summed E-state index contributed by atoms with van der Waals surface area (Å²) in [4.78, 5) is 22.5. The Hall–Kier alpha value is -2.04. The zero-order chi connectivity index (χ0) is 13.9. The molecule has 5 heteroatoms. The van der Waals surface area contributed by atoms with Crippen LogP contribution in [0.2, 0.25) is 0 Å².